The number of piperidine rings is 1. The van der Waals surface area contributed by atoms with E-state index in [0.717, 1.165) is 46.6 Å². The summed E-state index contributed by atoms with van der Waals surface area (Å²) in [6.45, 7) is 7.43. The summed E-state index contributed by atoms with van der Waals surface area (Å²) in [5.41, 5.74) is 11.0. The van der Waals surface area contributed by atoms with Crippen molar-refractivity contribution in [1.82, 2.24) is 24.7 Å². The predicted octanol–water partition coefficient (Wildman–Crippen LogP) is 4.95. The van der Waals surface area contributed by atoms with Gasteiger partial charge in [-0.15, -0.1) is 0 Å². The van der Waals surface area contributed by atoms with Crippen molar-refractivity contribution in [3.8, 4) is 17.2 Å². The van der Waals surface area contributed by atoms with Crippen LogP contribution < -0.4 is 11.1 Å². The van der Waals surface area contributed by atoms with Crippen LogP contribution in [0.4, 0.5) is 10.1 Å². The topological polar surface area (TPSA) is 97.0 Å². The monoisotopic (exact) mass is 475 g/mol. The fourth-order valence-corrected chi connectivity index (χ4v) is 5.61. The lowest BCUT2D eigenvalue weighted by atomic mass is 9.91. The molecule has 0 spiro atoms. The number of nitrogens with zero attached hydrogens (tertiary/aromatic N) is 5. The van der Waals surface area contributed by atoms with E-state index in [1.165, 1.54) is 23.9 Å². The Morgan fingerprint density at radius 1 is 1.24 bits per heavy atom. The second-order valence-electron chi connectivity index (χ2n) is 9.39. The lowest BCUT2D eigenvalue weighted by Crippen LogP contribution is -2.47. The zero-order valence-corrected chi connectivity index (χ0v) is 20.2. The SMILES string of the molecule is Cc1c(-c2cc(Sc3ccc(F)cc3C#N)c3c(N)cnn3c2)cnn1[C@H]1CCC(C)(C)NC1. The zero-order valence-electron chi connectivity index (χ0n) is 19.3. The molecule has 9 heteroatoms. The van der Waals surface area contributed by atoms with E-state index in [9.17, 15) is 9.65 Å². The van der Waals surface area contributed by atoms with E-state index in [4.69, 9.17) is 10.8 Å². The lowest BCUT2D eigenvalue weighted by molar-refractivity contribution is 0.231. The number of hydrogen-bond acceptors (Lipinski definition) is 6. The number of nitrogens with two attached hydrogens (primary N) is 1. The summed E-state index contributed by atoms with van der Waals surface area (Å²) in [5.74, 6) is -0.438. The third kappa shape index (κ3) is 4.04. The average molecular weight is 476 g/mol. The van der Waals surface area contributed by atoms with Crippen LogP contribution in [0.2, 0.25) is 0 Å². The number of benzene rings is 1. The van der Waals surface area contributed by atoms with E-state index in [1.807, 2.05) is 18.5 Å². The Labute approximate surface area is 201 Å². The Balaban J connectivity index is 1.55. The van der Waals surface area contributed by atoms with Gasteiger partial charge in [0.1, 0.15) is 17.4 Å². The van der Waals surface area contributed by atoms with Crippen molar-refractivity contribution in [2.45, 2.75) is 55.0 Å². The molecule has 4 heterocycles. The minimum atomic E-state index is -0.438. The van der Waals surface area contributed by atoms with Gasteiger partial charge < -0.3 is 11.1 Å². The average Bonchev–Trinajstić information content (AvgIpc) is 3.37. The highest BCUT2D eigenvalue weighted by Gasteiger charge is 2.28. The highest BCUT2D eigenvalue weighted by molar-refractivity contribution is 7.99. The molecule has 4 aromatic rings. The first-order valence-corrected chi connectivity index (χ1v) is 12.0. The van der Waals surface area contributed by atoms with E-state index in [1.54, 1.807) is 16.8 Å². The third-order valence-electron chi connectivity index (χ3n) is 6.51. The molecule has 3 aromatic heterocycles. The maximum Gasteiger partial charge on any atom is 0.124 e. The van der Waals surface area contributed by atoms with Crippen molar-refractivity contribution in [1.29, 1.82) is 5.26 Å². The number of fused-ring (bicyclic) bond motifs is 1. The maximum atomic E-state index is 13.7. The first kappa shape index (κ1) is 22.4. The molecule has 1 saturated heterocycles. The number of halogens is 1. The van der Waals surface area contributed by atoms with Crippen molar-refractivity contribution in [3.05, 3.63) is 59.9 Å². The molecular weight excluding hydrogens is 449 g/mol. The predicted molar refractivity (Wildman–Crippen MR) is 131 cm³/mol. The minimum Gasteiger partial charge on any atom is -0.396 e. The highest BCUT2D eigenvalue weighted by atomic mass is 32.2. The largest absolute Gasteiger partial charge is 0.396 e. The van der Waals surface area contributed by atoms with E-state index in [0.29, 0.717) is 16.6 Å². The van der Waals surface area contributed by atoms with Crippen LogP contribution in [-0.4, -0.2) is 31.5 Å². The first-order valence-electron chi connectivity index (χ1n) is 11.2. The van der Waals surface area contributed by atoms with E-state index in [-0.39, 0.29) is 11.1 Å². The van der Waals surface area contributed by atoms with Crippen LogP contribution in [0.1, 0.15) is 44.0 Å². The second kappa shape index (κ2) is 8.46. The Hall–Kier alpha value is -3.35. The fraction of sp³-hybridized carbons (Fsp3) is 0.320. The molecule has 0 radical (unpaired) electrons. The molecule has 5 rings (SSSR count). The van der Waals surface area contributed by atoms with Gasteiger partial charge in [0.05, 0.1) is 29.7 Å². The quantitative estimate of drug-likeness (QED) is 0.433. The summed E-state index contributed by atoms with van der Waals surface area (Å²) < 4.78 is 17.5. The van der Waals surface area contributed by atoms with E-state index >= 15 is 0 Å². The number of nitriles is 1. The molecule has 1 fully saturated rings. The van der Waals surface area contributed by atoms with Gasteiger partial charge in [-0.2, -0.15) is 15.5 Å². The Morgan fingerprint density at radius 2 is 2.06 bits per heavy atom. The molecule has 1 atom stereocenters. The zero-order chi connectivity index (χ0) is 24.0. The van der Waals surface area contributed by atoms with Gasteiger partial charge in [0.25, 0.3) is 0 Å². The van der Waals surface area contributed by atoms with Gasteiger partial charge in [-0.3, -0.25) is 4.68 Å². The van der Waals surface area contributed by atoms with E-state index in [2.05, 4.69) is 41.9 Å². The summed E-state index contributed by atoms with van der Waals surface area (Å²) >= 11 is 1.38. The van der Waals surface area contributed by atoms with Crippen molar-refractivity contribution in [2.75, 3.05) is 12.3 Å². The maximum absolute atomic E-state index is 13.7. The van der Waals surface area contributed by atoms with Gasteiger partial charge in [-0.1, -0.05) is 11.8 Å². The number of pyridine rings is 1. The number of aromatic nitrogens is 4. The van der Waals surface area contributed by atoms with Crippen LogP contribution in [0.5, 0.6) is 0 Å². The number of rotatable bonds is 4. The van der Waals surface area contributed by atoms with Crippen LogP contribution >= 0.6 is 11.8 Å². The fourth-order valence-electron chi connectivity index (χ4n) is 4.53. The summed E-state index contributed by atoms with van der Waals surface area (Å²) in [7, 11) is 0. The molecule has 0 amide bonds. The Kier molecular flexibility index (Phi) is 5.58. The van der Waals surface area contributed by atoms with Crippen molar-refractivity contribution in [3.63, 3.8) is 0 Å². The highest BCUT2D eigenvalue weighted by Crippen LogP contribution is 2.39. The molecule has 1 aromatic carbocycles. The summed E-state index contributed by atoms with van der Waals surface area (Å²) in [5, 5.41) is 22.3. The summed E-state index contributed by atoms with van der Waals surface area (Å²) in [6.07, 6.45) is 7.62. The van der Waals surface area contributed by atoms with Gasteiger partial charge >= 0.3 is 0 Å². The van der Waals surface area contributed by atoms with Crippen LogP contribution in [0, 0.1) is 24.1 Å². The number of nitrogens with one attached hydrogen (secondary N) is 1. The van der Waals surface area contributed by atoms with Crippen molar-refractivity contribution >= 4 is 23.0 Å². The van der Waals surface area contributed by atoms with Crippen LogP contribution in [0.25, 0.3) is 16.6 Å². The van der Waals surface area contributed by atoms with Gasteiger partial charge in [0, 0.05) is 44.9 Å². The number of nitrogen functional groups attached to an aromatic ring is 1. The molecule has 0 aliphatic carbocycles. The first-order chi connectivity index (χ1) is 16.3. The van der Waals surface area contributed by atoms with Crippen LogP contribution in [0.3, 0.4) is 0 Å². The molecule has 3 N–H and O–H groups in total. The van der Waals surface area contributed by atoms with Gasteiger partial charge in [-0.25, -0.2) is 8.91 Å². The molecule has 34 heavy (non-hydrogen) atoms. The minimum absolute atomic E-state index is 0.153. The standard InChI is InChI=1S/C25H26FN7S/c1-15-20(12-31-33(15)19-6-7-25(2,3)29-11-19)17-9-23(24-21(28)13-30-32(24)14-17)34-22-5-4-18(26)8-16(22)10-27/h4-5,8-9,12-14,19,29H,6-7,11,28H2,1-3H3/t19-/m0/s1. The Bertz CT molecular complexity index is 1420. The molecule has 1 aliphatic heterocycles. The summed E-state index contributed by atoms with van der Waals surface area (Å²) in [6, 6.07) is 8.65. The third-order valence-corrected chi connectivity index (χ3v) is 7.61. The smallest absolute Gasteiger partial charge is 0.124 e. The lowest BCUT2D eigenvalue weighted by Gasteiger charge is -2.36. The van der Waals surface area contributed by atoms with E-state index < -0.39 is 5.82 Å². The molecular formula is C25H26FN7S. The molecule has 0 bridgehead atoms. The van der Waals surface area contributed by atoms with Gasteiger partial charge in [0.15, 0.2) is 0 Å². The number of hydrogen-bond donors (Lipinski definition) is 2. The van der Waals surface area contributed by atoms with Gasteiger partial charge in [-0.05, 0) is 57.9 Å². The van der Waals surface area contributed by atoms with Crippen LogP contribution in [-0.2, 0) is 0 Å². The van der Waals surface area contributed by atoms with Crippen LogP contribution in [0.15, 0.2) is 52.6 Å². The van der Waals surface area contributed by atoms with Gasteiger partial charge in [0.2, 0.25) is 0 Å². The summed E-state index contributed by atoms with van der Waals surface area (Å²) in [4.78, 5) is 1.50. The Morgan fingerprint density at radius 3 is 2.79 bits per heavy atom. The second-order valence-corrected chi connectivity index (χ2v) is 10.5. The number of anilines is 1. The molecule has 0 unspecified atom stereocenters. The molecule has 174 valence electrons. The normalized spacial score (nSPS) is 17.7. The van der Waals surface area contributed by atoms with Crippen molar-refractivity contribution in [2.24, 2.45) is 0 Å². The van der Waals surface area contributed by atoms with Crippen molar-refractivity contribution < 1.29 is 4.39 Å². The molecule has 1 aliphatic rings. The molecule has 0 saturated carbocycles. The molecule has 7 nitrogen and oxygen atoms in total.